The summed E-state index contributed by atoms with van der Waals surface area (Å²) >= 11 is 0. The van der Waals surface area contributed by atoms with Crippen LogP contribution < -0.4 is 10.2 Å². The van der Waals surface area contributed by atoms with Gasteiger partial charge in [0.1, 0.15) is 11.4 Å². The lowest BCUT2D eigenvalue weighted by Crippen LogP contribution is -2.41. The predicted octanol–water partition coefficient (Wildman–Crippen LogP) is 5.11. The zero-order valence-corrected chi connectivity index (χ0v) is 26.5. The van der Waals surface area contributed by atoms with Crippen LogP contribution in [0.2, 0.25) is 0 Å². The summed E-state index contributed by atoms with van der Waals surface area (Å²) in [5.74, 6) is 0.343. The van der Waals surface area contributed by atoms with E-state index in [1.54, 1.807) is 11.9 Å². The summed E-state index contributed by atoms with van der Waals surface area (Å²) < 4.78 is 23.6. The van der Waals surface area contributed by atoms with Crippen molar-refractivity contribution in [1.29, 1.82) is 0 Å². The van der Waals surface area contributed by atoms with Gasteiger partial charge in [-0.3, -0.25) is 4.79 Å². The zero-order chi connectivity index (χ0) is 30.7. The van der Waals surface area contributed by atoms with E-state index in [2.05, 4.69) is 29.4 Å². The van der Waals surface area contributed by atoms with Crippen molar-refractivity contribution in [2.45, 2.75) is 104 Å². The number of esters is 1. The number of carbonyl (C=O) groups excluding carboxylic acids is 1. The Balaban J connectivity index is 1.60. The summed E-state index contributed by atoms with van der Waals surface area (Å²) in [5, 5.41) is 13.5. The molecule has 0 N–H and O–H groups in total. The van der Waals surface area contributed by atoms with Gasteiger partial charge in [0.2, 0.25) is 0 Å². The first-order valence-corrected chi connectivity index (χ1v) is 14.8. The number of hydrogen-bond acceptors (Lipinski definition) is 8. The SMILES string of the molecule is CCC[C@H](C(=O)OC(C)(C)C)[C@H](Cc1ccc(B2OC(C)(C)C(C)(C)O2)cc1)c1nnn(Cc2ccc(OC)cc2)n1. The highest BCUT2D eigenvalue weighted by atomic mass is 16.7. The second-order valence-corrected chi connectivity index (χ2v) is 13.1. The van der Waals surface area contributed by atoms with Crippen molar-refractivity contribution < 1.29 is 23.6 Å². The number of rotatable bonds is 11. The maximum Gasteiger partial charge on any atom is 0.494 e. The monoisotopic (exact) mass is 576 g/mol. The molecule has 0 unspecified atom stereocenters. The third kappa shape index (κ3) is 7.58. The Morgan fingerprint density at radius 2 is 1.57 bits per heavy atom. The van der Waals surface area contributed by atoms with Gasteiger partial charge in [0.15, 0.2) is 5.82 Å². The maximum absolute atomic E-state index is 13.5. The number of tetrazole rings is 1. The minimum absolute atomic E-state index is 0.241. The van der Waals surface area contributed by atoms with Crippen molar-refractivity contribution >= 4 is 18.6 Å². The van der Waals surface area contributed by atoms with E-state index in [9.17, 15) is 4.79 Å². The number of aromatic nitrogens is 4. The van der Waals surface area contributed by atoms with Crippen LogP contribution in [0, 0.1) is 5.92 Å². The van der Waals surface area contributed by atoms with Gasteiger partial charge < -0.3 is 18.8 Å². The molecule has 0 spiro atoms. The fourth-order valence-electron chi connectivity index (χ4n) is 4.99. The summed E-state index contributed by atoms with van der Waals surface area (Å²) in [6.45, 7) is 16.4. The van der Waals surface area contributed by atoms with Gasteiger partial charge in [-0.25, -0.2) is 0 Å². The zero-order valence-electron chi connectivity index (χ0n) is 26.5. The fourth-order valence-corrected chi connectivity index (χ4v) is 4.99. The van der Waals surface area contributed by atoms with Crippen LogP contribution in [0.25, 0.3) is 0 Å². The second kappa shape index (κ2) is 12.6. The molecular weight excluding hydrogens is 531 g/mol. The molecule has 4 rings (SSSR count). The molecular formula is C32H45BN4O5. The molecule has 0 aliphatic carbocycles. The molecule has 10 heteroatoms. The van der Waals surface area contributed by atoms with Gasteiger partial charge in [0, 0.05) is 5.92 Å². The minimum atomic E-state index is -0.600. The molecule has 0 saturated carbocycles. The topological polar surface area (TPSA) is 97.6 Å². The molecule has 1 saturated heterocycles. The minimum Gasteiger partial charge on any atom is -0.497 e. The first-order chi connectivity index (χ1) is 19.7. The fraction of sp³-hybridized carbons (Fsp3) is 0.562. The standard InChI is InChI=1S/C32H45BN4O5/c1-10-11-26(29(38)40-30(2,3)4)27(28-34-36-37(35-28)21-23-14-18-25(39-9)19-15-23)20-22-12-16-24(17-13-22)33-41-31(5,6)32(7,8)42-33/h12-19,26-27H,10-11,20-21H2,1-9H3/t26-,27-/m0/s1. The summed E-state index contributed by atoms with van der Waals surface area (Å²) in [7, 11) is 1.21. The highest BCUT2D eigenvalue weighted by Crippen LogP contribution is 2.37. The highest BCUT2D eigenvalue weighted by molar-refractivity contribution is 6.62. The average molecular weight is 577 g/mol. The van der Waals surface area contributed by atoms with Gasteiger partial charge in [-0.2, -0.15) is 4.80 Å². The average Bonchev–Trinajstić information content (AvgIpc) is 3.46. The lowest BCUT2D eigenvalue weighted by atomic mass is 9.77. The van der Waals surface area contributed by atoms with Crippen LogP contribution in [0.3, 0.4) is 0 Å². The number of ether oxygens (including phenoxy) is 2. The van der Waals surface area contributed by atoms with Crippen LogP contribution in [-0.4, -0.2) is 57.2 Å². The molecule has 1 aliphatic heterocycles. The number of hydrogen-bond donors (Lipinski definition) is 0. The highest BCUT2D eigenvalue weighted by Gasteiger charge is 2.51. The van der Waals surface area contributed by atoms with E-state index in [0.29, 0.717) is 25.2 Å². The quantitative estimate of drug-likeness (QED) is 0.229. The van der Waals surface area contributed by atoms with Gasteiger partial charge in [-0.1, -0.05) is 49.7 Å². The molecule has 2 atom stereocenters. The van der Waals surface area contributed by atoms with Crippen molar-refractivity contribution in [3.8, 4) is 5.75 Å². The summed E-state index contributed by atoms with van der Waals surface area (Å²) in [5.41, 5.74) is 1.60. The molecule has 0 radical (unpaired) electrons. The molecule has 1 aliphatic rings. The van der Waals surface area contributed by atoms with E-state index in [4.69, 9.17) is 23.9 Å². The molecule has 2 aromatic carbocycles. The lowest BCUT2D eigenvalue weighted by Gasteiger charge is -2.32. The molecule has 42 heavy (non-hydrogen) atoms. The van der Waals surface area contributed by atoms with E-state index in [1.807, 2.05) is 84.9 Å². The van der Waals surface area contributed by atoms with Gasteiger partial charge >= 0.3 is 13.1 Å². The van der Waals surface area contributed by atoms with E-state index >= 15 is 0 Å². The van der Waals surface area contributed by atoms with Crippen molar-refractivity contribution in [3.63, 3.8) is 0 Å². The summed E-state index contributed by atoms with van der Waals surface area (Å²) in [6.07, 6.45) is 2.03. The molecule has 0 amide bonds. The summed E-state index contributed by atoms with van der Waals surface area (Å²) in [4.78, 5) is 15.1. The Bertz CT molecular complexity index is 1320. The van der Waals surface area contributed by atoms with E-state index in [0.717, 1.165) is 28.8 Å². The van der Waals surface area contributed by atoms with E-state index in [1.165, 1.54) is 0 Å². The van der Waals surface area contributed by atoms with Gasteiger partial charge in [-0.05, 0) is 95.2 Å². The smallest absolute Gasteiger partial charge is 0.494 e. The normalized spacial score (nSPS) is 17.6. The van der Waals surface area contributed by atoms with Gasteiger partial charge in [0.25, 0.3) is 0 Å². The molecule has 1 fully saturated rings. The van der Waals surface area contributed by atoms with Crippen LogP contribution in [0.5, 0.6) is 5.75 Å². The van der Waals surface area contributed by atoms with Crippen LogP contribution >= 0.6 is 0 Å². The molecule has 1 aromatic heterocycles. The Morgan fingerprint density at radius 1 is 0.976 bits per heavy atom. The van der Waals surface area contributed by atoms with Crippen molar-refractivity contribution in [2.24, 2.45) is 5.92 Å². The van der Waals surface area contributed by atoms with E-state index < -0.39 is 29.8 Å². The van der Waals surface area contributed by atoms with Crippen molar-refractivity contribution in [3.05, 3.63) is 65.5 Å². The predicted molar refractivity (Wildman–Crippen MR) is 163 cm³/mol. The third-order valence-corrected chi connectivity index (χ3v) is 8.04. The van der Waals surface area contributed by atoms with Crippen LogP contribution in [0.4, 0.5) is 0 Å². The Morgan fingerprint density at radius 3 is 2.12 bits per heavy atom. The number of carbonyl (C=O) groups is 1. The molecule has 226 valence electrons. The Labute approximate surface area is 250 Å². The largest absolute Gasteiger partial charge is 0.497 e. The lowest BCUT2D eigenvalue weighted by molar-refractivity contribution is -0.161. The van der Waals surface area contributed by atoms with Crippen LogP contribution in [0.15, 0.2) is 48.5 Å². The summed E-state index contributed by atoms with van der Waals surface area (Å²) in [6, 6.07) is 15.9. The van der Waals surface area contributed by atoms with Gasteiger partial charge in [0.05, 0.1) is 30.8 Å². The van der Waals surface area contributed by atoms with Crippen LogP contribution in [0.1, 0.15) is 91.1 Å². The first-order valence-electron chi connectivity index (χ1n) is 14.8. The van der Waals surface area contributed by atoms with Crippen molar-refractivity contribution in [2.75, 3.05) is 7.11 Å². The molecule has 2 heterocycles. The van der Waals surface area contributed by atoms with Crippen molar-refractivity contribution in [1.82, 2.24) is 20.2 Å². The first kappa shape index (κ1) is 31.7. The Hall–Kier alpha value is -3.24. The maximum atomic E-state index is 13.5. The molecule has 9 nitrogen and oxygen atoms in total. The van der Waals surface area contributed by atoms with E-state index in [-0.39, 0.29) is 11.9 Å². The number of methoxy groups -OCH3 is 1. The van der Waals surface area contributed by atoms with Crippen LogP contribution in [-0.2, 0) is 31.8 Å². The van der Waals surface area contributed by atoms with Gasteiger partial charge in [-0.15, -0.1) is 10.2 Å². The third-order valence-electron chi connectivity index (χ3n) is 8.04. The molecule has 0 bridgehead atoms. The number of nitrogens with zero attached hydrogens (tertiary/aromatic N) is 4. The number of benzene rings is 2. The second-order valence-electron chi connectivity index (χ2n) is 13.1. The molecule has 3 aromatic rings. The Kier molecular flexibility index (Phi) is 9.47.